The van der Waals surface area contributed by atoms with Gasteiger partial charge in [0, 0.05) is 9.75 Å². The highest BCUT2D eigenvalue weighted by Crippen LogP contribution is 2.37. The highest BCUT2D eigenvalue weighted by atomic mass is 32.1. The first-order valence-electron chi connectivity index (χ1n) is 18.9. The summed E-state index contributed by atoms with van der Waals surface area (Å²) in [5, 5.41) is 62.3. The van der Waals surface area contributed by atoms with E-state index in [1.807, 2.05) is 117 Å². The lowest BCUT2D eigenvalue weighted by Gasteiger charge is -2.24. The quantitative estimate of drug-likeness (QED) is 0.0537. The van der Waals surface area contributed by atoms with E-state index in [1.54, 1.807) is 22.7 Å². The van der Waals surface area contributed by atoms with Gasteiger partial charge in [0.15, 0.2) is 0 Å². The van der Waals surface area contributed by atoms with Gasteiger partial charge in [-0.15, -0.1) is 22.7 Å². The SMILES string of the molecule is CCC(O)(CC)c1csc(-c2cccc(OCc3ccc(CO)c(CO)c3)c2)c1.CCC(O)c1cc(-c2cccc(OCc3ccc(CO)c(CO)c3)c2)cs1. The van der Waals surface area contributed by atoms with Crippen molar-refractivity contribution in [1.82, 2.24) is 0 Å². The van der Waals surface area contributed by atoms with Gasteiger partial charge in [0.1, 0.15) is 24.7 Å². The molecular formula is C46H52O8S2. The van der Waals surface area contributed by atoms with Gasteiger partial charge in [0.25, 0.3) is 0 Å². The Morgan fingerprint density at radius 1 is 0.571 bits per heavy atom. The van der Waals surface area contributed by atoms with Crippen molar-refractivity contribution in [3.8, 4) is 33.1 Å². The summed E-state index contributed by atoms with van der Waals surface area (Å²) in [6, 6.07) is 31.0. The van der Waals surface area contributed by atoms with Crippen LogP contribution >= 0.6 is 22.7 Å². The largest absolute Gasteiger partial charge is 0.489 e. The number of rotatable bonds is 17. The molecule has 10 heteroatoms. The summed E-state index contributed by atoms with van der Waals surface area (Å²) in [7, 11) is 0. The molecule has 8 nitrogen and oxygen atoms in total. The molecule has 296 valence electrons. The van der Waals surface area contributed by atoms with Gasteiger partial charge in [-0.05, 0) is 134 Å². The third-order valence-electron chi connectivity index (χ3n) is 9.96. The predicted octanol–water partition coefficient (Wildman–Crippen LogP) is 9.41. The summed E-state index contributed by atoms with van der Waals surface area (Å²) in [6.07, 6.45) is 1.67. The molecule has 0 spiro atoms. The van der Waals surface area contributed by atoms with E-state index < -0.39 is 11.7 Å². The van der Waals surface area contributed by atoms with Crippen LogP contribution in [-0.4, -0.2) is 30.6 Å². The molecular weight excluding hydrogens is 745 g/mol. The van der Waals surface area contributed by atoms with Crippen LogP contribution in [-0.2, 0) is 45.2 Å². The van der Waals surface area contributed by atoms with Crippen LogP contribution in [0.25, 0.3) is 21.6 Å². The fourth-order valence-corrected chi connectivity index (χ4v) is 8.23. The van der Waals surface area contributed by atoms with Crippen LogP contribution < -0.4 is 9.47 Å². The van der Waals surface area contributed by atoms with Gasteiger partial charge in [-0.1, -0.05) is 69.3 Å². The number of benzene rings is 4. The molecule has 0 aliphatic rings. The van der Waals surface area contributed by atoms with E-state index in [9.17, 15) is 30.6 Å². The van der Waals surface area contributed by atoms with Gasteiger partial charge in [-0.3, -0.25) is 0 Å². The lowest BCUT2D eigenvalue weighted by molar-refractivity contribution is 0.0288. The van der Waals surface area contributed by atoms with Crippen LogP contribution in [0, 0.1) is 0 Å². The third-order valence-corrected chi connectivity index (χ3v) is 12.0. The highest BCUT2D eigenvalue weighted by Gasteiger charge is 2.26. The van der Waals surface area contributed by atoms with Crippen molar-refractivity contribution in [3.63, 3.8) is 0 Å². The fourth-order valence-electron chi connectivity index (χ4n) is 6.25. The summed E-state index contributed by atoms with van der Waals surface area (Å²) < 4.78 is 11.9. The van der Waals surface area contributed by atoms with E-state index >= 15 is 0 Å². The van der Waals surface area contributed by atoms with Crippen molar-refractivity contribution < 1.29 is 40.1 Å². The van der Waals surface area contributed by atoms with Crippen LogP contribution in [0.5, 0.6) is 11.5 Å². The molecule has 0 amide bonds. The summed E-state index contributed by atoms with van der Waals surface area (Å²) in [5.74, 6) is 1.52. The number of hydrogen-bond acceptors (Lipinski definition) is 10. The Balaban J connectivity index is 0.000000215. The van der Waals surface area contributed by atoms with E-state index in [1.165, 1.54) is 0 Å². The molecule has 0 bridgehead atoms. The number of aliphatic hydroxyl groups excluding tert-OH is 5. The maximum atomic E-state index is 10.8. The maximum absolute atomic E-state index is 10.8. The lowest BCUT2D eigenvalue weighted by atomic mass is 9.90. The van der Waals surface area contributed by atoms with E-state index in [0.29, 0.717) is 43.6 Å². The second kappa shape index (κ2) is 20.7. The van der Waals surface area contributed by atoms with E-state index in [4.69, 9.17) is 9.47 Å². The molecule has 6 rings (SSSR count). The topological polar surface area (TPSA) is 140 Å². The average molecular weight is 797 g/mol. The van der Waals surface area contributed by atoms with E-state index in [2.05, 4.69) is 11.4 Å². The summed E-state index contributed by atoms with van der Waals surface area (Å²) in [6.45, 7) is 6.34. The van der Waals surface area contributed by atoms with Crippen molar-refractivity contribution in [2.45, 2.75) is 91.4 Å². The minimum atomic E-state index is -0.770. The smallest absolute Gasteiger partial charge is 0.120 e. The van der Waals surface area contributed by atoms with Crippen LogP contribution in [0.2, 0.25) is 0 Å². The van der Waals surface area contributed by atoms with Gasteiger partial charge in [-0.25, -0.2) is 0 Å². The summed E-state index contributed by atoms with van der Waals surface area (Å²) in [4.78, 5) is 2.07. The van der Waals surface area contributed by atoms with Crippen LogP contribution in [0.4, 0.5) is 0 Å². The third kappa shape index (κ3) is 10.9. The van der Waals surface area contributed by atoms with Gasteiger partial charge in [0.05, 0.1) is 38.1 Å². The molecule has 6 aromatic rings. The molecule has 4 aromatic carbocycles. The number of hydrogen-bond donors (Lipinski definition) is 6. The molecule has 1 atom stereocenters. The molecule has 2 heterocycles. The molecule has 56 heavy (non-hydrogen) atoms. The highest BCUT2D eigenvalue weighted by molar-refractivity contribution is 7.13. The fraction of sp³-hybridized carbons (Fsp3) is 0.304. The average Bonchev–Trinajstić information content (AvgIpc) is 3.97. The molecule has 0 fully saturated rings. The first kappa shape index (κ1) is 42.8. The van der Waals surface area contributed by atoms with Crippen LogP contribution in [0.3, 0.4) is 0 Å². The Bertz CT molecular complexity index is 2130. The van der Waals surface area contributed by atoms with Crippen molar-refractivity contribution in [2.75, 3.05) is 0 Å². The van der Waals surface area contributed by atoms with Crippen molar-refractivity contribution in [2.24, 2.45) is 0 Å². The normalized spacial score (nSPS) is 11.9. The van der Waals surface area contributed by atoms with E-state index in [-0.39, 0.29) is 26.4 Å². The molecule has 0 saturated heterocycles. The number of thiophene rings is 2. The Morgan fingerprint density at radius 3 is 1.62 bits per heavy atom. The second-order valence-electron chi connectivity index (χ2n) is 13.6. The zero-order chi connectivity index (χ0) is 40.1. The zero-order valence-electron chi connectivity index (χ0n) is 32.1. The van der Waals surface area contributed by atoms with Gasteiger partial charge in [-0.2, -0.15) is 0 Å². The predicted molar refractivity (Wildman–Crippen MR) is 224 cm³/mol. The minimum absolute atomic E-state index is 0.0889. The second-order valence-corrected chi connectivity index (χ2v) is 15.4. The molecule has 0 aliphatic carbocycles. The van der Waals surface area contributed by atoms with Crippen molar-refractivity contribution in [3.05, 3.63) is 152 Å². The first-order chi connectivity index (χ1) is 27.2. The summed E-state index contributed by atoms with van der Waals surface area (Å²) >= 11 is 3.19. The van der Waals surface area contributed by atoms with Crippen LogP contribution in [0.1, 0.15) is 90.0 Å². The summed E-state index contributed by atoms with van der Waals surface area (Å²) in [5.41, 5.74) is 8.13. The van der Waals surface area contributed by atoms with Gasteiger partial charge >= 0.3 is 0 Å². The van der Waals surface area contributed by atoms with Crippen LogP contribution in [0.15, 0.2) is 108 Å². The molecule has 2 aromatic heterocycles. The molecule has 1 unspecified atom stereocenters. The monoisotopic (exact) mass is 796 g/mol. The Morgan fingerprint density at radius 2 is 1.11 bits per heavy atom. The Hall–Kier alpha value is -4.36. The number of aliphatic hydroxyl groups is 6. The van der Waals surface area contributed by atoms with E-state index in [0.717, 1.165) is 65.8 Å². The van der Waals surface area contributed by atoms with Gasteiger partial charge in [0.2, 0.25) is 0 Å². The Labute approximate surface area is 337 Å². The molecule has 0 saturated carbocycles. The van der Waals surface area contributed by atoms with Crippen molar-refractivity contribution >= 4 is 22.7 Å². The standard InChI is InChI=1S/C24H28O4S.C22H24O4S/c1-3-24(27,4-2)21-12-23(29-16-21)18-6-5-7-22(11-18)28-15-17-8-9-19(13-25)20(10-17)14-26;1-2-21(25)22-10-19(14-27-22)16-4-3-5-20(9-16)26-13-15-6-7-17(11-23)18(8-15)12-24/h5-12,16,25-27H,3-4,13-15H2,1-2H3;3-10,14,21,23-25H,2,11-13H2,1H3. The molecule has 6 N–H and O–H groups in total. The number of ether oxygens (including phenoxy) is 2. The maximum Gasteiger partial charge on any atom is 0.120 e. The van der Waals surface area contributed by atoms with Gasteiger partial charge < -0.3 is 40.1 Å². The first-order valence-corrected chi connectivity index (χ1v) is 20.6. The van der Waals surface area contributed by atoms with Crippen molar-refractivity contribution in [1.29, 1.82) is 0 Å². The lowest BCUT2D eigenvalue weighted by Crippen LogP contribution is -2.22. The minimum Gasteiger partial charge on any atom is -0.489 e. The Kier molecular flexibility index (Phi) is 15.8. The zero-order valence-corrected chi connectivity index (χ0v) is 33.8. The molecule has 0 aliphatic heterocycles. The molecule has 0 radical (unpaired) electrons.